The van der Waals surface area contributed by atoms with Crippen LogP contribution in [0.4, 0.5) is 18.9 Å². The zero-order valence-corrected chi connectivity index (χ0v) is 18.8. The molecular weight excluding hydrogens is 455 g/mol. The Kier molecular flexibility index (Phi) is 6.00. The molecule has 0 bridgehead atoms. The maximum Gasteiger partial charge on any atom is 0.416 e. The van der Waals surface area contributed by atoms with E-state index in [4.69, 9.17) is 9.47 Å². The molecule has 1 aliphatic heterocycles. The summed E-state index contributed by atoms with van der Waals surface area (Å²) in [4.78, 5) is -0.428. The molecule has 0 atom stereocenters. The van der Waals surface area contributed by atoms with Gasteiger partial charge in [0.05, 0.1) is 28.8 Å². The summed E-state index contributed by atoms with van der Waals surface area (Å²) in [6.45, 7) is 3.90. The van der Waals surface area contributed by atoms with Crippen LogP contribution < -0.4 is 13.8 Å². The Morgan fingerprint density at radius 1 is 0.970 bits per heavy atom. The second kappa shape index (κ2) is 8.62. The normalized spacial score (nSPS) is 14.1. The molecule has 174 valence electrons. The molecule has 4 rings (SSSR count). The Morgan fingerprint density at radius 3 is 2.42 bits per heavy atom. The summed E-state index contributed by atoms with van der Waals surface area (Å²) in [6.07, 6.45) is -4.66. The number of halogens is 3. The third-order valence-electron chi connectivity index (χ3n) is 5.07. The van der Waals surface area contributed by atoms with E-state index in [-0.39, 0.29) is 24.9 Å². The van der Waals surface area contributed by atoms with E-state index in [1.165, 1.54) is 0 Å². The van der Waals surface area contributed by atoms with Gasteiger partial charge in [-0.2, -0.15) is 13.2 Å². The summed E-state index contributed by atoms with van der Waals surface area (Å²) in [5.74, 6) is 1.01. The summed E-state index contributed by atoms with van der Waals surface area (Å²) >= 11 is 0. The van der Waals surface area contributed by atoms with Gasteiger partial charge in [0.2, 0.25) is 0 Å². The third-order valence-corrected chi connectivity index (χ3v) is 6.88. The maximum atomic E-state index is 13.3. The van der Waals surface area contributed by atoms with Crippen LogP contribution in [0, 0.1) is 0 Å². The lowest BCUT2D eigenvalue weighted by Crippen LogP contribution is -2.38. The van der Waals surface area contributed by atoms with Crippen molar-refractivity contribution in [2.45, 2.75) is 31.0 Å². The molecule has 33 heavy (non-hydrogen) atoms. The summed E-state index contributed by atoms with van der Waals surface area (Å²) in [7, 11) is -4.25. The van der Waals surface area contributed by atoms with Crippen molar-refractivity contribution in [3.8, 4) is 22.6 Å². The molecular formula is C24H22F3NO4S. The van der Waals surface area contributed by atoms with Crippen molar-refractivity contribution < 1.29 is 31.1 Å². The number of alkyl halides is 3. The van der Waals surface area contributed by atoms with E-state index in [0.29, 0.717) is 17.6 Å². The molecule has 5 nitrogen and oxygen atoms in total. The minimum absolute atomic E-state index is 0.00900. The molecule has 3 aromatic rings. The Hall–Kier alpha value is -3.20. The van der Waals surface area contributed by atoms with Crippen LogP contribution in [0.1, 0.15) is 19.4 Å². The number of ether oxygens (including phenoxy) is 2. The number of hydrogen-bond acceptors (Lipinski definition) is 4. The molecule has 0 radical (unpaired) electrons. The van der Waals surface area contributed by atoms with Gasteiger partial charge in [-0.25, -0.2) is 8.42 Å². The molecule has 1 aliphatic rings. The molecule has 0 aromatic heterocycles. The van der Waals surface area contributed by atoms with Crippen LogP contribution in [0.25, 0.3) is 11.1 Å². The van der Waals surface area contributed by atoms with E-state index in [1.54, 1.807) is 18.2 Å². The van der Waals surface area contributed by atoms with Crippen molar-refractivity contribution in [1.29, 1.82) is 0 Å². The summed E-state index contributed by atoms with van der Waals surface area (Å²) in [5.41, 5.74) is 0.773. The first-order valence-corrected chi connectivity index (χ1v) is 11.7. The predicted molar refractivity (Wildman–Crippen MR) is 119 cm³/mol. The quantitative estimate of drug-likeness (QED) is 0.470. The van der Waals surface area contributed by atoms with E-state index in [2.05, 4.69) is 0 Å². The van der Waals surface area contributed by atoms with Crippen molar-refractivity contribution >= 4 is 15.7 Å². The monoisotopic (exact) mass is 477 g/mol. The van der Waals surface area contributed by atoms with Gasteiger partial charge in [0.1, 0.15) is 18.1 Å². The lowest BCUT2D eigenvalue weighted by molar-refractivity contribution is -0.137. The average molecular weight is 478 g/mol. The van der Waals surface area contributed by atoms with E-state index >= 15 is 0 Å². The Labute approximate surface area is 190 Å². The van der Waals surface area contributed by atoms with Gasteiger partial charge in [0.15, 0.2) is 0 Å². The molecule has 0 aliphatic carbocycles. The number of fused-ring (bicyclic) bond motifs is 1. The smallest absolute Gasteiger partial charge is 0.416 e. The summed E-state index contributed by atoms with van der Waals surface area (Å²) in [5, 5.41) is 0. The number of sulfonamides is 1. The first-order valence-electron chi connectivity index (χ1n) is 10.3. The van der Waals surface area contributed by atoms with Crippen molar-refractivity contribution in [3.05, 3.63) is 72.3 Å². The Bertz CT molecular complexity index is 1270. The van der Waals surface area contributed by atoms with Crippen LogP contribution in [0.2, 0.25) is 0 Å². The zero-order chi connectivity index (χ0) is 23.8. The van der Waals surface area contributed by atoms with E-state index in [1.807, 2.05) is 38.1 Å². The number of benzene rings is 3. The van der Waals surface area contributed by atoms with Crippen molar-refractivity contribution in [2.75, 3.05) is 17.5 Å². The molecule has 0 fully saturated rings. The Morgan fingerprint density at radius 2 is 1.70 bits per heavy atom. The van der Waals surface area contributed by atoms with E-state index < -0.39 is 26.7 Å². The van der Waals surface area contributed by atoms with Crippen LogP contribution in [0.5, 0.6) is 11.5 Å². The first-order chi connectivity index (χ1) is 15.6. The number of nitrogens with zero attached hydrogens (tertiary/aromatic N) is 1. The van der Waals surface area contributed by atoms with Crippen LogP contribution in [-0.4, -0.2) is 27.7 Å². The highest BCUT2D eigenvalue weighted by Crippen LogP contribution is 2.39. The van der Waals surface area contributed by atoms with Gasteiger partial charge in [0.25, 0.3) is 10.0 Å². The fraction of sp³-hybridized carbons (Fsp3) is 0.250. The van der Waals surface area contributed by atoms with E-state index in [0.717, 1.165) is 33.6 Å². The molecule has 0 spiro atoms. The van der Waals surface area contributed by atoms with Crippen LogP contribution in [-0.2, 0) is 16.2 Å². The minimum Gasteiger partial charge on any atom is -0.491 e. The predicted octanol–water partition coefficient (Wildman–Crippen LogP) is 5.75. The fourth-order valence-electron chi connectivity index (χ4n) is 3.60. The third kappa shape index (κ3) is 4.78. The van der Waals surface area contributed by atoms with Gasteiger partial charge in [-0.05, 0) is 67.4 Å². The molecule has 0 saturated carbocycles. The standard InChI is InChI=1S/C24H22F3NO4S/c1-16(2)32-20-7-3-5-17(13-20)18-9-10-23-22(14-18)28(11-12-31-23)33(29,30)21-8-4-6-19(15-21)24(25,26)27/h3-10,13-16H,11-12H2,1-2H3. The molecule has 0 unspecified atom stereocenters. The zero-order valence-electron chi connectivity index (χ0n) is 18.0. The first kappa shape index (κ1) is 23.0. The molecule has 1 heterocycles. The van der Waals surface area contributed by atoms with Gasteiger partial charge in [-0.1, -0.05) is 24.3 Å². The topological polar surface area (TPSA) is 55.8 Å². The lowest BCUT2D eigenvalue weighted by Gasteiger charge is -2.31. The van der Waals surface area contributed by atoms with Crippen molar-refractivity contribution in [2.24, 2.45) is 0 Å². The fourth-order valence-corrected chi connectivity index (χ4v) is 5.10. The second-order valence-corrected chi connectivity index (χ2v) is 9.69. The summed E-state index contributed by atoms with van der Waals surface area (Å²) < 4.78 is 78.6. The van der Waals surface area contributed by atoms with Crippen LogP contribution in [0.15, 0.2) is 71.6 Å². The molecule has 0 saturated heterocycles. The van der Waals surface area contributed by atoms with Crippen LogP contribution >= 0.6 is 0 Å². The largest absolute Gasteiger partial charge is 0.491 e. The summed E-state index contributed by atoms with van der Waals surface area (Å²) in [6, 6.07) is 16.2. The number of anilines is 1. The SMILES string of the molecule is CC(C)Oc1cccc(-c2ccc3c(c2)N(S(=O)(=O)c2cccc(C(F)(F)F)c2)CCO3)c1. The number of hydrogen-bond donors (Lipinski definition) is 0. The highest BCUT2D eigenvalue weighted by atomic mass is 32.2. The van der Waals surface area contributed by atoms with Crippen LogP contribution in [0.3, 0.4) is 0 Å². The Balaban J connectivity index is 1.75. The van der Waals surface area contributed by atoms with Crippen molar-refractivity contribution in [3.63, 3.8) is 0 Å². The van der Waals surface area contributed by atoms with Gasteiger partial charge >= 0.3 is 6.18 Å². The van der Waals surface area contributed by atoms with Gasteiger partial charge in [0, 0.05) is 0 Å². The molecule has 0 N–H and O–H groups in total. The van der Waals surface area contributed by atoms with Gasteiger partial charge < -0.3 is 9.47 Å². The average Bonchev–Trinajstić information content (AvgIpc) is 2.77. The maximum absolute atomic E-state index is 13.3. The highest BCUT2D eigenvalue weighted by Gasteiger charge is 2.34. The van der Waals surface area contributed by atoms with Crippen molar-refractivity contribution in [1.82, 2.24) is 0 Å². The number of rotatable bonds is 5. The second-order valence-electron chi connectivity index (χ2n) is 7.83. The highest BCUT2D eigenvalue weighted by molar-refractivity contribution is 7.92. The molecule has 9 heteroatoms. The molecule has 0 amide bonds. The van der Waals surface area contributed by atoms with E-state index in [9.17, 15) is 21.6 Å². The molecule has 3 aromatic carbocycles. The van der Waals surface area contributed by atoms with Gasteiger partial charge in [-0.3, -0.25) is 4.31 Å². The van der Waals surface area contributed by atoms with Gasteiger partial charge in [-0.15, -0.1) is 0 Å². The lowest BCUT2D eigenvalue weighted by atomic mass is 10.0. The minimum atomic E-state index is -4.65.